The van der Waals surface area contributed by atoms with Crippen LogP contribution in [0.15, 0.2) is 0 Å². The SMILES string of the molecule is CCCCCCCCCCCCCCC(CCCCC(=O)OC)O[Si](C)(C)C(C)(C)C. The van der Waals surface area contributed by atoms with E-state index in [4.69, 9.17) is 9.16 Å². The van der Waals surface area contributed by atoms with Crippen molar-refractivity contribution < 1.29 is 14.0 Å². The Morgan fingerprint density at radius 1 is 0.742 bits per heavy atom. The number of hydrogen-bond donors (Lipinski definition) is 0. The predicted octanol–water partition coefficient (Wildman–Crippen LogP) is 9.20. The van der Waals surface area contributed by atoms with Crippen molar-refractivity contribution in [1.82, 2.24) is 0 Å². The molecule has 0 aliphatic rings. The van der Waals surface area contributed by atoms with Gasteiger partial charge in [-0.15, -0.1) is 0 Å². The van der Waals surface area contributed by atoms with Crippen LogP contribution in [0, 0.1) is 0 Å². The molecule has 0 heterocycles. The van der Waals surface area contributed by atoms with Gasteiger partial charge in [0.15, 0.2) is 8.32 Å². The van der Waals surface area contributed by atoms with Crippen molar-refractivity contribution in [3.63, 3.8) is 0 Å². The van der Waals surface area contributed by atoms with E-state index in [-0.39, 0.29) is 11.0 Å². The van der Waals surface area contributed by atoms with Crippen LogP contribution >= 0.6 is 0 Å². The predicted molar refractivity (Wildman–Crippen MR) is 138 cm³/mol. The number of carbonyl (C=O) groups excluding carboxylic acids is 1. The van der Waals surface area contributed by atoms with Gasteiger partial charge >= 0.3 is 5.97 Å². The first-order valence-corrected chi connectivity index (χ1v) is 16.3. The van der Waals surface area contributed by atoms with E-state index in [1.165, 1.54) is 90.6 Å². The van der Waals surface area contributed by atoms with Crippen LogP contribution in [0.25, 0.3) is 0 Å². The van der Waals surface area contributed by atoms with Gasteiger partial charge in [0.05, 0.1) is 7.11 Å². The maximum absolute atomic E-state index is 11.4. The van der Waals surface area contributed by atoms with Gasteiger partial charge in [-0.05, 0) is 37.4 Å². The molecule has 186 valence electrons. The van der Waals surface area contributed by atoms with Gasteiger partial charge in [-0.25, -0.2) is 0 Å². The summed E-state index contributed by atoms with van der Waals surface area (Å²) < 4.78 is 11.5. The molecule has 0 amide bonds. The standard InChI is InChI=1S/C27H56O3Si/c1-8-9-10-11-12-13-14-15-16-17-18-19-22-25(23-20-21-24-26(28)29-5)30-31(6,7)27(2,3)4/h25H,8-24H2,1-7H3. The summed E-state index contributed by atoms with van der Waals surface area (Å²) in [5, 5.41) is 0.244. The normalized spacial score (nSPS) is 13.4. The van der Waals surface area contributed by atoms with Crippen molar-refractivity contribution in [1.29, 1.82) is 0 Å². The highest BCUT2D eigenvalue weighted by atomic mass is 28.4. The maximum atomic E-state index is 11.4. The number of carbonyl (C=O) groups is 1. The minimum Gasteiger partial charge on any atom is -0.469 e. The molecule has 0 bridgehead atoms. The quantitative estimate of drug-likeness (QED) is 0.104. The first-order valence-electron chi connectivity index (χ1n) is 13.4. The van der Waals surface area contributed by atoms with Crippen LogP contribution in [0.3, 0.4) is 0 Å². The average Bonchev–Trinajstić information content (AvgIpc) is 2.70. The van der Waals surface area contributed by atoms with Crippen LogP contribution in [0.1, 0.15) is 137 Å². The van der Waals surface area contributed by atoms with Gasteiger partial charge in [0.2, 0.25) is 0 Å². The lowest BCUT2D eigenvalue weighted by Crippen LogP contribution is -2.44. The number of hydrogen-bond acceptors (Lipinski definition) is 3. The summed E-state index contributed by atoms with van der Waals surface area (Å²) in [6.45, 7) is 14.0. The zero-order valence-electron chi connectivity index (χ0n) is 22.3. The van der Waals surface area contributed by atoms with Crippen LogP contribution in [0.4, 0.5) is 0 Å². The van der Waals surface area contributed by atoms with E-state index < -0.39 is 8.32 Å². The van der Waals surface area contributed by atoms with E-state index in [1.807, 2.05) is 0 Å². The van der Waals surface area contributed by atoms with E-state index in [0.29, 0.717) is 12.5 Å². The molecule has 0 saturated carbocycles. The lowest BCUT2D eigenvalue weighted by molar-refractivity contribution is -0.140. The Labute approximate surface area is 196 Å². The molecule has 3 nitrogen and oxygen atoms in total. The molecule has 0 aromatic heterocycles. The fraction of sp³-hybridized carbons (Fsp3) is 0.963. The van der Waals surface area contributed by atoms with Crippen LogP contribution in [0.5, 0.6) is 0 Å². The molecular weight excluding hydrogens is 400 g/mol. The second-order valence-corrected chi connectivity index (χ2v) is 15.8. The zero-order chi connectivity index (χ0) is 23.6. The number of unbranched alkanes of at least 4 members (excludes halogenated alkanes) is 12. The van der Waals surface area contributed by atoms with Gasteiger partial charge in [-0.1, -0.05) is 111 Å². The van der Waals surface area contributed by atoms with Crippen LogP contribution in [-0.2, 0) is 14.0 Å². The second-order valence-electron chi connectivity index (χ2n) is 11.0. The van der Waals surface area contributed by atoms with Crippen molar-refractivity contribution >= 4 is 14.3 Å². The summed E-state index contributed by atoms with van der Waals surface area (Å²) in [5.41, 5.74) is 0. The highest BCUT2D eigenvalue weighted by Gasteiger charge is 2.38. The minimum absolute atomic E-state index is 0.0946. The molecule has 1 unspecified atom stereocenters. The molecule has 0 rings (SSSR count). The van der Waals surface area contributed by atoms with E-state index in [9.17, 15) is 4.79 Å². The third-order valence-electron chi connectivity index (χ3n) is 7.03. The number of methoxy groups -OCH3 is 1. The first kappa shape index (κ1) is 30.6. The van der Waals surface area contributed by atoms with Crippen molar-refractivity contribution in [3.8, 4) is 0 Å². The van der Waals surface area contributed by atoms with Crippen LogP contribution in [0.2, 0.25) is 18.1 Å². The largest absolute Gasteiger partial charge is 0.469 e. The van der Waals surface area contributed by atoms with Crippen molar-refractivity contribution in [3.05, 3.63) is 0 Å². The first-order chi connectivity index (χ1) is 14.6. The molecule has 0 saturated heterocycles. The Morgan fingerprint density at radius 2 is 1.16 bits per heavy atom. The summed E-state index contributed by atoms with van der Waals surface area (Å²) in [7, 11) is -0.280. The molecule has 4 heteroatoms. The molecule has 0 aliphatic heterocycles. The molecule has 31 heavy (non-hydrogen) atoms. The van der Waals surface area contributed by atoms with Gasteiger partial charge < -0.3 is 9.16 Å². The highest BCUT2D eigenvalue weighted by Crippen LogP contribution is 2.38. The van der Waals surface area contributed by atoms with Gasteiger partial charge in [0.25, 0.3) is 0 Å². The monoisotopic (exact) mass is 456 g/mol. The molecule has 0 N–H and O–H groups in total. The molecule has 0 fully saturated rings. The Kier molecular flexibility index (Phi) is 17.9. The van der Waals surface area contributed by atoms with Crippen molar-refractivity contribution in [2.75, 3.05) is 7.11 Å². The Bertz CT molecular complexity index is 429. The third kappa shape index (κ3) is 16.9. The minimum atomic E-state index is -1.75. The van der Waals surface area contributed by atoms with E-state index >= 15 is 0 Å². The summed E-state index contributed by atoms with van der Waals surface area (Å²) in [4.78, 5) is 11.4. The molecule has 0 radical (unpaired) electrons. The number of ether oxygens (including phenoxy) is 1. The molecule has 0 aromatic carbocycles. The summed E-state index contributed by atoms with van der Waals surface area (Å²) >= 11 is 0. The number of esters is 1. The van der Waals surface area contributed by atoms with E-state index in [1.54, 1.807) is 0 Å². The summed E-state index contributed by atoms with van der Waals surface area (Å²) in [6, 6.07) is 0. The lowest BCUT2D eigenvalue weighted by atomic mass is 10.0. The highest BCUT2D eigenvalue weighted by molar-refractivity contribution is 6.74. The topological polar surface area (TPSA) is 35.5 Å². The third-order valence-corrected chi connectivity index (χ3v) is 11.6. The van der Waals surface area contributed by atoms with Gasteiger partial charge in [0, 0.05) is 12.5 Å². The molecule has 0 spiro atoms. The molecule has 0 aromatic rings. The van der Waals surface area contributed by atoms with E-state index in [2.05, 4.69) is 40.8 Å². The van der Waals surface area contributed by atoms with Gasteiger partial charge in [0.1, 0.15) is 0 Å². The fourth-order valence-electron chi connectivity index (χ4n) is 3.81. The Hall–Kier alpha value is -0.353. The Morgan fingerprint density at radius 3 is 1.58 bits per heavy atom. The summed E-state index contributed by atoms with van der Waals surface area (Å²) in [6.07, 6.45) is 21.7. The second kappa shape index (κ2) is 18.1. The van der Waals surface area contributed by atoms with Gasteiger partial charge in [-0.2, -0.15) is 0 Å². The van der Waals surface area contributed by atoms with Crippen molar-refractivity contribution in [2.45, 2.75) is 161 Å². The summed E-state index contributed by atoms with van der Waals surface area (Å²) in [5.74, 6) is -0.0946. The van der Waals surface area contributed by atoms with Crippen LogP contribution in [-0.4, -0.2) is 27.5 Å². The zero-order valence-corrected chi connectivity index (χ0v) is 23.3. The lowest BCUT2D eigenvalue weighted by Gasteiger charge is -2.39. The van der Waals surface area contributed by atoms with Crippen molar-refractivity contribution in [2.24, 2.45) is 0 Å². The van der Waals surface area contributed by atoms with Crippen LogP contribution < -0.4 is 0 Å². The average molecular weight is 457 g/mol. The van der Waals surface area contributed by atoms with Gasteiger partial charge in [-0.3, -0.25) is 4.79 Å². The number of rotatable bonds is 20. The molecule has 1 atom stereocenters. The maximum Gasteiger partial charge on any atom is 0.305 e. The molecule has 0 aliphatic carbocycles. The fourth-order valence-corrected chi connectivity index (χ4v) is 5.23. The molecular formula is C27H56O3Si. The van der Waals surface area contributed by atoms with E-state index in [0.717, 1.165) is 19.3 Å². The Balaban J connectivity index is 4.09. The smallest absolute Gasteiger partial charge is 0.305 e.